The number of nitriles is 1. The molecule has 1 atom stereocenters. The second-order valence-electron chi connectivity index (χ2n) is 5.20. The van der Waals surface area contributed by atoms with Crippen LogP contribution in [0.15, 0.2) is 36.4 Å². The number of nitrogens with zero attached hydrogens (tertiary/aromatic N) is 1. The van der Waals surface area contributed by atoms with E-state index in [2.05, 4.69) is 10.8 Å². The van der Waals surface area contributed by atoms with Crippen LogP contribution in [-0.4, -0.2) is 35.4 Å². The highest BCUT2D eigenvalue weighted by atomic mass is 127. The number of aliphatic hydroxyl groups excluding tert-OH is 2. The Balaban J connectivity index is 2.23. The van der Waals surface area contributed by atoms with Crippen molar-refractivity contribution in [2.24, 2.45) is 0 Å². The Hall–Kier alpha value is -2.26. The number of rotatable bonds is 7. The predicted octanol–water partition coefficient (Wildman–Crippen LogP) is 2.06. The second-order valence-corrected chi connectivity index (χ2v) is 6.45. The fourth-order valence-electron chi connectivity index (χ4n) is 1.96. The number of amides is 1. The van der Waals surface area contributed by atoms with Crippen LogP contribution in [0.4, 0.5) is 15.8 Å². The van der Waals surface area contributed by atoms with E-state index in [1.807, 2.05) is 28.7 Å². The molecule has 2 rings (SSSR count). The van der Waals surface area contributed by atoms with Gasteiger partial charge in [0.1, 0.15) is 18.5 Å². The average Bonchev–Trinajstić information content (AvgIpc) is 2.63. The molecule has 0 saturated carbocycles. The van der Waals surface area contributed by atoms with E-state index in [1.165, 1.54) is 30.3 Å². The van der Waals surface area contributed by atoms with Gasteiger partial charge in [0.05, 0.1) is 35.2 Å². The number of benzene rings is 2. The van der Waals surface area contributed by atoms with Crippen molar-refractivity contribution in [2.75, 3.05) is 18.5 Å². The Morgan fingerprint density at radius 3 is 2.73 bits per heavy atom. The lowest BCUT2D eigenvalue weighted by Crippen LogP contribution is -2.30. The minimum atomic E-state index is -1.13. The molecule has 0 spiro atoms. The standard InChI is InChI=1S/C17H15FIN3O4/c18-14-6-11(19)2-4-15(14)21-16-5-10(7-20)1-3-13(16)17(25)22-26-9-12(24)8-23/h1-6,12,21,23-24H,8-9H2,(H,22,25)/t12-/m1/s1. The fraction of sp³-hybridized carbons (Fsp3) is 0.176. The molecule has 2 aromatic carbocycles. The van der Waals surface area contributed by atoms with E-state index in [1.54, 1.807) is 6.07 Å². The first-order valence-corrected chi connectivity index (χ1v) is 8.49. The normalized spacial score (nSPS) is 11.5. The molecule has 0 radical (unpaired) electrons. The van der Waals surface area contributed by atoms with Crippen LogP contribution in [0.2, 0.25) is 0 Å². The first-order chi connectivity index (χ1) is 12.4. The highest BCUT2D eigenvalue weighted by Gasteiger charge is 2.15. The van der Waals surface area contributed by atoms with E-state index in [0.29, 0.717) is 3.57 Å². The number of hydrogen-bond donors (Lipinski definition) is 4. The smallest absolute Gasteiger partial charge is 0.276 e. The third kappa shape index (κ3) is 5.37. The molecule has 2 aromatic rings. The van der Waals surface area contributed by atoms with E-state index in [-0.39, 0.29) is 29.1 Å². The van der Waals surface area contributed by atoms with E-state index < -0.39 is 24.4 Å². The molecule has 7 nitrogen and oxygen atoms in total. The van der Waals surface area contributed by atoms with Gasteiger partial charge < -0.3 is 15.5 Å². The summed E-state index contributed by atoms with van der Waals surface area (Å²) in [5.41, 5.74) is 2.88. The van der Waals surface area contributed by atoms with E-state index in [4.69, 9.17) is 15.2 Å². The van der Waals surface area contributed by atoms with Gasteiger partial charge in [0, 0.05) is 3.57 Å². The minimum absolute atomic E-state index is 0.112. The van der Waals surface area contributed by atoms with Crippen molar-refractivity contribution >= 4 is 39.9 Å². The van der Waals surface area contributed by atoms with Gasteiger partial charge in [-0.25, -0.2) is 9.87 Å². The molecule has 0 heterocycles. The van der Waals surface area contributed by atoms with Crippen molar-refractivity contribution in [2.45, 2.75) is 6.10 Å². The molecule has 0 bridgehead atoms. The molecule has 0 aliphatic carbocycles. The summed E-state index contributed by atoms with van der Waals surface area (Å²) >= 11 is 1.98. The molecular weight excluding hydrogens is 456 g/mol. The zero-order chi connectivity index (χ0) is 19.1. The maximum absolute atomic E-state index is 14.1. The molecule has 0 unspecified atom stereocenters. The maximum Gasteiger partial charge on any atom is 0.276 e. The summed E-state index contributed by atoms with van der Waals surface area (Å²) in [5.74, 6) is -1.17. The number of halogens is 2. The highest BCUT2D eigenvalue weighted by Crippen LogP contribution is 2.25. The van der Waals surface area contributed by atoms with Crippen LogP contribution >= 0.6 is 22.6 Å². The zero-order valence-electron chi connectivity index (χ0n) is 13.4. The summed E-state index contributed by atoms with van der Waals surface area (Å²) in [6, 6.07) is 10.7. The summed E-state index contributed by atoms with van der Waals surface area (Å²) in [6.45, 7) is -0.807. The van der Waals surface area contributed by atoms with E-state index in [0.717, 1.165) is 0 Å². The van der Waals surface area contributed by atoms with Gasteiger partial charge in [-0.3, -0.25) is 9.63 Å². The lowest BCUT2D eigenvalue weighted by Gasteiger charge is -2.14. The SMILES string of the molecule is N#Cc1ccc(C(=O)NOC[C@H](O)CO)c(Nc2ccc(I)cc2F)c1. The van der Waals surface area contributed by atoms with Crippen LogP contribution in [0.1, 0.15) is 15.9 Å². The van der Waals surface area contributed by atoms with Crippen LogP contribution in [0.25, 0.3) is 0 Å². The molecule has 0 aromatic heterocycles. The van der Waals surface area contributed by atoms with Gasteiger partial charge in [0.15, 0.2) is 0 Å². The second kappa shape index (κ2) is 9.44. The predicted molar refractivity (Wildman–Crippen MR) is 100 cm³/mol. The maximum atomic E-state index is 14.1. The van der Waals surface area contributed by atoms with Gasteiger partial charge in [0.2, 0.25) is 0 Å². The van der Waals surface area contributed by atoms with Gasteiger partial charge in [-0.15, -0.1) is 0 Å². The van der Waals surface area contributed by atoms with Gasteiger partial charge in [-0.1, -0.05) is 0 Å². The van der Waals surface area contributed by atoms with Crippen LogP contribution in [0.3, 0.4) is 0 Å². The van der Waals surface area contributed by atoms with Crippen molar-refractivity contribution in [3.8, 4) is 6.07 Å². The van der Waals surface area contributed by atoms with E-state index in [9.17, 15) is 14.3 Å². The number of anilines is 2. The number of carbonyl (C=O) groups is 1. The van der Waals surface area contributed by atoms with Crippen LogP contribution in [-0.2, 0) is 4.84 Å². The fourth-order valence-corrected chi connectivity index (χ4v) is 2.42. The first kappa shape index (κ1) is 20.1. The Bertz CT molecular complexity index is 841. The summed E-state index contributed by atoms with van der Waals surface area (Å²) in [5, 5.41) is 29.8. The van der Waals surface area contributed by atoms with Crippen molar-refractivity contribution < 1.29 is 24.2 Å². The molecule has 26 heavy (non-hydrogen) atoms. The van der Waals surface area contributed by atoms with Gasteiger partial charge >= 0.3 is 0 Å². The molecule has 1 amide bonds. The molecule has 4 N–H and O–H groups in total. The van der Waals surface area contributed by atoms with E-state index >= 15 is 0 Å². The molecule has 9 heteroatoms. The van der Waals surface area contributed by atoms with Crippen molar-refractivity contribution in [3.63, 3.8) is 0 Å². The Morgan fingerprint density at radius 2 is 2.08 bits per heavy atom. The van der Waals surface area contributed by atoms with Crippen LogP contribution in [0.5, 0.6) is 0 Å². The molecule has 0 aliphatic rings. The Labute approximate surface area is 162 Å². The number of aliphatic hydroxyl groups is 2. The Morgan fingerprint density at radius 1 is 1.31 bits per heavy atom. The summed E-state index contributed by atoms with van der Waals surface area (Å²) in [7, 11) is 0. The van der Waals surface area contributed by atoms with Crippen molar-refractivity contribution in [3.05, 3.63) is 56.9 Å². The number of hydrogen-bond acceptors (Lipinski definition) is 6. The molecule has 0 fully saturated rings. The average molecular weight is 471 g/mol. The lowest BCUT2D eigenvalue weighted by molar-refractivity contribution is -0.0295. The summed E-state index contributed by atoms with van der Waals surface area (Å²) < 4.78 is 14.8. The Kier molecular flexibility index (Phi) is 7.28. The zero-order valence-corrected chi connectivity index (χ0v) is 15.5. The summed E-state index contributed by atoms with van der Waals surface area (Å²) in [4.78, 5) is 17.1. The quantitative estimate of drug-likeness (QED) is 0.363. The highest BCUT2D eigenvalue weighted by molar-refractivity contribution is 14.1. The summed E-state index contributed by atoms with van der Waals surface area (Å²) in [6.07, 6.45) is -1.13. The lowest BCUT2D eigenvalue weighted by atomic mass is 10.1. The molecule has 136 valence electrons. The van der Waals surface area contributed by atoms with Crippen LogP contribution in [0, 0.1) is 20.7 Å². The largest absolute Gasteiger partial charge is 0.394 e. The first-order valence-electron chi connectivity index (χ1n) is 7.42. The van der Waals surface area contributed by atoms with Crippen molar-refractivity contribution in [1.29, 1.82) is 5.26 Å². The van der Waals surface area contributed by atoms with Gasteiger partial charge in [-0.05, 0) is 59.0 Å². The number of nitrogens with one attached hydrogen (secondary N) is 2. The topological polar surface area (TPSA) is 115 Å². The minimum Gasteiger partial charge on any atom is -0.394 e. The third-order valence-electron chi connectivity index (χ3n) is 3.25. The van der Waals surface area contributed by atoms with Crippen molar-refractivity contribution in [1.82, 2.24) is 5.48 Å². The van der Waals surface area contributed by atoms with Crippen LogP contribution < -0.4 is 10.8 Å². The molecular formula is C17H15FIN3O4. The third-order valence-corrected chi connectivity index (χ3v) is 3.92. The molecule has 0 saturated heterocycles. The monoisotopic (exact) mass is 471 g/mol. The number of hydroxylamine groups is 1. The molecule has 0 aliphatic heterocycles. The van der Waals surface area contributed by atoms with Gasteiger partial charge in [-0.2, -0.15) is 5.26 Å². The number of carbonyl (C=O) groups excluding carboxylic acids is 1. The van der Waals surface area contributed by atoms with Gasteiger partial charge in [0.25, 0.3) is 5.91 Å².